The van der Waals surface area contributed by atoms with Crippen molar-refractivity contribution in [3.05, 3.63) is 65.0 Å². The lowest BCUT2D eigenvalue weighted by Crippen LogP contribution is -2.49. The number of rotatable bonds is 5. The third-order valence-corrected chi connectivity index (χ3v) is 5.66. The van der Waals surface area contributed by atoms with Crippen molar-refractivity contribution >= 4 is 5.91 Å². The predicted octanol–water partition coefficient (Wildman–Crippen LogP) is 4.82. The molecule has 1 aliphatic heterocycles. The first-order valence-corrected chi connectivity index (χ1v) is 10.1. The van der Waals surface area contributed by atoms with Crippen molar-refractivity contribution in [1.82, 2.24) is 9.88 Å². The van der Waals surface area contributed by atoms with Gasteiger partial charge in [-0.1, -0.05) is 24.3 Å². The van der Waals surface area contributed by atoms with Crippen molar-refractivity contribution in [2.24, 2.45) is 0 Å². The van der Waals surface area contributed by atoms with Crippen molar-refractivity contribution in [1.29, 1.82) is 0 Å². The molecule has 30 heavy (non-hydrogen) atoms. The highest BCUT2D eigenvalue weighted by atomic mass is 19.4. The van der Waals surface area contributed by atoms with E-state index in [4.69, 9.17) is 4.74 Å². The van der Waals surface area contributed by atoms with E-state index in [0.29, 0.717) is 25.1 Å². The van der Waals surface area contributed by atoms with Gasteiger partial charge in [-0.05, 0) is 56.4 Å². The molecule has 0 bridgehead atoms. The van der Waals surface area contributed by atoms with E-state index in [1.165, 1.54) is 19.2 Å². The molecule has 7 heteroatoms. The van der Waals surface area contributed by atoms with Crippen LogP contribution in [0.1, 0.15) is 55.0 Å². The quantitative estimate of drug-likeness (QED) is 0.696. The molecular formula is C23H27F3N2O2. The Hall–Kier alpha value is -2.41. The number of nitrogens with zero attached hydrogens (tertiary/aromatic N) is 2. The van der Waals surface area contributed by atoms with Crippen LogP contribution in [0, 0.1) is 0 Å². The molecule has 2 aromatic rings. The topological polar surface area (TPSA) is 42.4 Å². The van der Waals surface area contributed by atoms with Gasteiger partial charge in [0.25, 0.3) is 5.91 Å². The van der Waals surface area contributed by atoms with Crippen LogP contribution in [0.4, 0.5) is 13.2 Å². The van der Waals surface area contributed by atoms with Gasteiger partial charge >= 0.3 is 6.18 Å². The normalized spacial score (nSPS) is 17.8. The maximum Gasteiger partial charge on any atom is 0.416 e. The third-order valence-electron chi connectivity index (χ3n) is 5.66. The second-order valence-electron chi connectivity index (χ2n) is 8.27. The van der Waals surface area contributed by atoms with Gasteiger partial charge in [0.15, 0.2) is 0 Å². The van der Waals surface area contributed by atoms with Crippen molar-refractivity contribution in [2.75, 3.05) is 20.2 Å². The lowest BCUT2D eigenvalue weighted by molar-refractivity contribution is -0.152. The van der Waals surface area contributed by atoms with Gasteiger partial charge in [-0.3, -0.25) is 9.78 Å². The number of hydrogen-bond donors (Lipinski definition) is 0. The summed E-state index contributed by atoms with van der Waals surface area (Å²) in [6, 6.07) is 9.19. The Balaban J connectivity index is 1.68. The number of ether oxygens (including phenoxy) is 1. The third kappa shape index (κ3) is 5.19. The molecule has 2 heterocycles. The number of hydrogen-bond acceptors (Lipinski definition) is 3. The average Bonchev–Trinajstić information content (AvgIpc) is 2.73. The Bertz CT molecular complexity index is 879. The summed E-state index contributed by atoms with van der Waals surface area (Å²) in [7, 11) is 1.53. The lowest BCUT2D eigenvalue weighted by Gasteiger charge is -2.36. The minimum atomic E-state index is -4.35. The number of carbonyl (C=O) groups excluding carboxylic acids is 1. The Labute approximate surface area is 175 Å². The molecule has 0 spiro atoms. The molecule has 3 rings (SSSR count). The lowest BCUT2D eigenvalue weighted by atomic mass is 9.92. The fourth-order valence-corrected chi connectivity index (χ4v) is 3.75. The summed E-state index contributed by atoms with van der Waals surface area (Å²) in [5, 5.41) is 0. The van der Waals surface area contributed by atoms with E-state index < -0.39 is 17.3 Å². The first-order chi connectivity index (χ1) is 14.1. The van der Waals surface area contributed by atoms with Crippen LogP contribution in [-0.4, -0.2) is 41.6 Å². The zero-order valence-corrected chi connectivity index (χ0v) is 17.5. The molecule has 1 unspecified atom stereocenters. The average molecular weight is 420 g/mol. The summed E-state index contributed by atoms with van der Waals surface area (Å²) in [5.74, 6) is 0.105. The molecule has 0 aliphatic carbocycles. The van der Waals surface area contributed by atoms with Gasteiger partial charge in [0.2, 0.25) is 0 Å². The number of halogens is 3. The van der Waals surface area contributed by atoms with Crippen LogP contribution >= 0.6 is 0 Å². The van der Waals surface area contributed by atoms with Crippen molar-refractivity contribution in [3.63, 3.8) is 0 Å². The van der Waals surface area contributed by atoms with Crippen LogP contribution in [0.3, 0.4) is 0 Å². The number of carbonyl (C=O) groups is 1. The van der Waals surface area contributed by atoms with E-state index in [0.717, 1.165) is 30.2 Å². The number of pyridine rings is 1. The molecule has 0 radical (unpaired) electrons. The Morgan fingerprint density at radius 3 is 2.60 bits per heavy atom. The Morgan fingerprint density at radius 2 is 1.97 bits per heavy atom. The van der Waals surface area contributed by atoms with E-state index in [2.05, 4.69) is 4.98 Å². The van der Waals surface area contributed by atoms with Gasteiger partial charge in [-0.15, -0.1) is 0 Å². The standard InChI is InChI=1S/C23H27F3N2O2/c1-22(2,30-3)21(29)28-11-5-7-18(15-28)20-10-9-17(14-27-20)12-16-6-4-8-19(13-16)23(24,25)26/h4,6,8-10,13-14,18H,5,7,11-12,15H2,1-3H3. The highest BCUT2D eigenvalue weighted by Crippen LogP contribution is 2.30. The predicted molar refractivity (Wildman–Crippen MR) is 108 cm³/mol. The molecule has 0 saturated carbocycles. The number of methoxy groups -OCH3 is 1. The molecule has 1 atom stereocenters. The zero-order chi connectivity index (χ0) is 21.9. The van der Waals surface area contributed by atoms with Crippen LogP contribution in [0.25, 0.3) is 0 Å². The highest BCUT2D eigenvalue weighted by molar-refractivity contribution is 5.84. The molecule has 162 valence electrons. The van der Waals surface area contributed by atoms with Crippen LogP contribution in [0.15, 0.2) is 42.6 Å². The fraction of sp³-hybridized carbons (Fsp3) is 0.478. The van der Waals surface area contributed by atoms with Gasteiger partial charge in [-0.25, -0.2) is 0 Å². The van der Waals surface area contributed by atoms with Gasteiger partial charge in [-0.2, -0.15) is 13.2 Å². The van der Waals surface area contributed by atoms with E-state index >= 15 is 0 Å². The molecule has 1 saturated heterocycles. The highest BCUT2D eigenvalue weighted by Gasteiger charge is 2.35. The summed E-state index contributed by atoms with van der Waals surface area (Å²) in [5.41, 5.74) is 0.841. The Kier molecular flexibility index (Phi) is 6.50. The summed E-state index contributed by atoms with van der Waals surface area (Å²) in [6.45, 7) is 4.82. The van der Waals surface area contributed by atoms with E-state index in [1.54, 1.807) is 26.1 Å². The number of amides is 1. The number of alkyl halides is 3. The first kappa shape index (κ1) is 22.3. The summed E-state index contributed by atoms with van der Waals surface area (Å²) in [4.78, 5) is 19.1. The fourth-order valence-electron chi connectivity index (χ4n) is 3.75. The minimum absolute atomic E-state index is 0.0316. The first-order valence-electron chi connectivity index (χ1n) is 10.1. The van der Waals surface area contributed by atoms with Crippen molar-refractivity contribution < 1.29 is 22.7 Å². The molecule has 1 aromatic carbocycles. The molecule has 1 aromatic heterocycles. The van der Waals surface area contributed by atoms with Crippen LogP contribution in [0.5, 0.6) is 0 Å². The number of aromatic nitrogens is 1. The minimum Gasteiger partial charge on any atom is -0.369 e. The molecule has 4 nitrogen and oxygen atoms in total. The van der Waals surface area contributed by atoms with E-state index in [9.17, 15) is 18.0 Å². The summed E-state index contributed by atoms with van der Waals surface area (Å²) >= 11 is 0. The number of piperidine rings is 1. The smallest absolute Gasteiger partial charge is 0.369 e. The van der Waals surface area contributed by atoms with E-state index in [1.807, 2.05) is 17.0 Å². The second kappa shape index (κ2) is 8.76. The molecule has 1 amide bonds. The van der Waals surface area contributed by atoms with Crippen molar-refractivity contribution in [3.8, 4) is 0 Å². The van der Waals surface area contributed by atoms with Crippen LogP contribution < -0.4 is 0 Å². The van der Waals surface area contributed by atoms with Gasteiger partial charge in [0.1, 0.15) is 5.60 Å². The largest absolute Gasteiger partial charge is 0.416 e. The Morgan fingerprint density at radius 1 is 1.20 bits per heavy atom. The van der Waals surface area contributed by atoms with Crippen LogP contribution in [-0.2, 0) is 22.1 Å². The van der Waals surface area contributed by atoms with Gasteiger partial charge in [0.05, 0.1) is 5.56 Å². The second-order valence-corrected chi connectivity index (χ2v) is 8.27. The molecular weight excluding hydrogens is 393 g/mol. The SMILES string of the molecule is COC(C)(C)C(=O)N1CCCC(c2ccc(Cc3cccc(C(F)(F)F)c3)cn2)C1. The maximum atomic E-state index is 12.9. The zero-order valence-electron chi connectivity index (χ0n) is 17.5. The monoisotopic (exact) mass is 420 g/mol. The van der Waals surface area contributed by atoms with Crippen molar-refractivity contribution in [2.45, 2.75) is 50.8 Å². The molecule has 1 aliphatic rings. The summed E-state index contributed by atoms with van der Waals surface area (Å²) < 4.78 is 44.0. The molecule has 0 N–H and O–H groups in total. The summed E-state index contributed by atoms with van der Waals surface area (Å²) in [6.07, 6.45) is -0.412. The van der Waals surface area contributed by atoms with Crippen LogP contribution in [0.2, 0.25) is 0 Å². The van der Waals surface area contributed by atoms with E-state index in [-0.39, 0.29) is 11.8 Å². The maximum absolute atomic E-state index is 12.9. The number of benzene rings is 1. The van der Waals surface area contributed by atoms with Gasteiger partial charge < -0.3 is 9.64 Å². The molecule has 1 fully saturated rings. The van der Waals surface area contributed by atoms with Gasteiger partial charge in [0, 0.05) is 38.0 Å². The number of likely N-dealkylation sites (tertiary alicyclic amines) is 1.